The van der Waals surface area contributed by atoms with E-state index in [4.69, 9.17) is 2.97 Å². The smallest absolute Gasteiger partial charge is 0.119 e. The highest BCUT2D eigenvalue weighted by Crippen LogP contribution is 2.15. The van der Waals surface area contributed by atoms with Crippen LogP contribution in [0, 0.1) is 0 Å². The Labute approximate surface area is 63.7 Å². The summed E-state index contributed by atoms with van der Waals surface area (Å²) < 4.78 is 10.0. The second kappa shape index (κ2) is 3.06. The summed E-state index contributed by atoms with van der Waals surface area (Å²) in [6.45, 7) is 3.59. The Kier molecular flexibility index (Phi) is 1.70. The molecule has 0 unspecified atom stereocenters. The van der Waals surface area contributed by atoms with Gasteiger partial charge in [0, 0.05) is 2.97 Å². The van der Waals surface area contributed by atoms with E-state index in [0.29, 0.717) is 5.75 Å². The molecule has 0 radical (unpaired) electrons. The zero-order valence-corrected chi connectivity index (χ0v) is 5.75. The van der Waals surface area contributed by atoms with Crippen LogP contribution in [0.25, 0.3) is 0 Å². The van der Waals surface area contributed by atoms with Crippen molar-refractivity contribution in [1.82, 2.24) is 0 Å². The molecule has 1 aromatic carbocycles. The molecule has 1 heteroatoms. The number of para-hydroxylation sites is 1. The van der Waals surface area contributed by atoms with E-state index in [1.54, 1.807) is 12.1 Å². The molecule has 0 aromatic heterocycles. The number of phenolic OH excluding ortho intramolecular Hbond substituents is 1. The molecule has 0 amide bonds. The maximum atomic E-state index is 9.19. The molecule has 1 N–H and O–H groups in total. The van der Waals surface area contributed by atoms with Crippen molar-refractivity contribution in [3.05, 3.63) is 42.5 Å². The number of aromatic hydroxyl groups is 1. The lowest BCUT2D eigenvalue weighted by Crippen LogP contribution is -1.79. The average Bonchev–Trinajstić information content (AvgIpc) is 2.13. The molecule has 0 aliphatic rings. The van der Waals surface area contributed by atoms with Crippen molar-refractivity contribution in [3.8, 4) is 5.75 Å². The number of benzene rings is 1. The van der Waals surface area contributed by atoms with Gasteiger partial charge in [-0.2, -0.15) is 0 Å². The highest BCUT2D eigenvalue weighted by molar-refractivity contribution is 5.32. The minimum Gasteiger partial charge on any atom is -0.508 e. The van der Waals surface area contributed by atoms with Crippen LogP contribution in [0.3, 0.4) is 0 Å². The summed E-state index contributed by atoms with van der Waals surface area (Å²) in [6, 6.07) is 7.27. The van der Waals surface area contributed by atoms with E-state index >= 15 is 0 Å². The summed E-state index contributed by atoms with van der Waals surface area (Å²) in [7, 11) is 0. The molecule has 0 heterocycles. The van der Waals surface area contributed by atoms with Gasteiger partial charge in [-0.15, -0.1) is 6.58 Å². The second-order valence-corrected chi connectivity index (χ2v) is 2.12. The van der Waals surface area contributed by atoms with Gasteiger partial charge < -0.3 is 5.11 Å². The Hall–Kier alpha value is -1.24. The third-order valence-electron chi connectivity index (χ3n) is 1.36. The van der Waals surface area contributed by atoms with Crippen LogP contribution in [0.2, 0.25) is 0 Å². The molecular formula is C9H12O. The minimum absolute atomic E-state index is 0.349. The fraction of sp³-hybridized carbons (Fsp3) is 0.111. The third kappa shape index (κ3) is 1.38. The first-order valence-electron chi connectivity index (χ1n) is 4.22. The molecule has 0 atom stereocenters. The standard InChI is InChI=1S/C9H10O.H2/c1-2-5-8-6-3-4-7-9(8)10;/h2-4,6-7,10H,1,5H2;1H/i;1+1D. The zero-order valence-electron chi connectivity index (χ0n) is 7.75. The molecule has 1 aromatic rings. The van der Waals surface area contributed by atoms with Crippen LogP contribution in [0.4, 0.5) is 0 Å². The molecule has 0 fully saturated rings. The molecule has 0 aliphatic heterocycles. The molecule has 1 rings (SSSR count). The fourth-order valence-electron chi connectivity index (χ4n) is 0.839. The van der Waals surface area contributed by atoms with E-state index in [2.05, 4.69) is 6.58 Å². The van der Waals surface area contributed by atoms with Crippen molar-refractivity contribution in [2.45, 2.75) is 6.42 Å². The number of rotatable bonds is 2. The Morgan fingerprint density at radius 3 is 2.90 bits per heavy atom. The highest BCUT2D eigenvalue weighted by atomic mass is 16.3. The fourth-order valence-corrected chi connectivity index (χ4v) is 0.839. The van der Waals surface area contributed by atoms with Gasteiger partial charge in [0.05, 0.1) is 0 Å². The van der Waals surface area contributed by atoms with Crippen molar-refractivity contribution in [3.63, 3.8) is 0 Å². The van der Waals surface area contributed by atoms with E-state index in [-0.39, 0.29) is 0 Å². The Balaban J connectivity index is 0.000000561. The van der Waals surface area contributed by atoms with Crippen LogP contribution >= 0.6 is 0 Å². The van der Waals surface area contributed by atoms with E-state index < -0.39 is 0 Å². The van der Waals surface area contributed by atoms with Gasteiger partial charge in [-0.1, -0.05) is 24.3 Å². The molecule has 10 heavy (non-hydrogen) atoms. The van der Waals surface area contributed by atoms with Crippen molar-refractivity contribution in [2.75, 3.05) is 0 Å². The molecule has 1 nitrogen and oxygen atoms in total. The Morgan fingerprint density at radius 2 is 2.30 bits per heavy atom. The van der Waals surface area contributed by atoms with E-state index in [1.165, 1.54) is 0 Å². The van der Waals surface area contributed by atoms with Gasteiger partial charge in [0.25, 0.3) is 0 Å². The molecule has 0 bridgehead atoms. The average molecular weight is 138 g/mol. The van der Waals surface area contributed by atoms with Crippen LogP contribution in [-0.4, -0.2) is 5.11 Å². The monoisotopic (exact) mass is 138 g/mol. The van der Waals surface area contributed by atoms with Crippen LogP contribution < -0.4 is 0 Å². The van der Waals surface area contributed by atoms with E-state index in [0.717, 1.165) is 12.0 Å². The SMILES string of the molecule is C=CCc1ccccc1O.[2H][2H]. The van der Waals surface area contributed by atoms with Gasteiger partial charge in [0.15, 0.2) is 0 Å². The summed E-state index contributed by atoms with van der Waals surface area (Å²) in [4.78, 5) is 0. The summed E-state index contributed by atoms with van der Waals surface area (Å²) in [5, 5.41) is 9.19. The first kappa shape index (κ1) is 5.54. The molecule has 0 saturated heterocycles. The lowest BCUT2D eigenvalue weighted by Gasteiger charge is -1.97. The first-order chi connectivity index (χ1) is 5.84. The summed E-state index contributed by atoms with van der Waals surface area (Å²) in [6.07, 6.45) is 2.50. The Bertz CT molecular complexity index is 236. The topological polar surface area (TPSA) is 20.2 Å². The van der Waals surface area contributed by atoms with Gasteiger partial charge in [-0.3, -0.25) is 0 Å². The highest BCUT2D eigenvalue weighted by Gasteiger charge is 1.93. The number of allylic oxidation sites excluding steroid dienone is 1. The predicted molar refractivity (Wildman–Crippen MR) is 44.1 cm³/mol. The van der Waals surface area contributed by atoms with Crippen LogP contribution in [0.5, 0.6) is 5.75 Å². The van der Waals surface area contributed by atoms with Gasteiger partial charge in [0.1, 0.15) is 5.75 Å². The number of hydrogen-bond acceptors (Lipinski definition) is 1. The van der Waals surface area contributed by atoms with Crippen LogP contribution in [-0.2, 0) is 6.42 Å². The predicted octanol–water partition coefficient (Wildman–Crippen LogP) is 2.37. The minimum atomic E-state index is 0.349. The second-order valence-electron chi connectivity index (χ2n) is 2.12. The summed E-state index contributed by atoms with van der Waals surface area (Å²) in [5.41, 5.74) is 0.928. The van der Waals surface area contributed by atoms with Crippen molar-refractivity contribution >= 4 is 0 Å². The maximum Gasteiger partial charge on any atom is 0.119 e. The Morgan fingerprint density at radius 1 is 1.60 bits per heavy atom. The lowest BCUT2D eigenvalue weighted by atomic mass is 10.1. The van der Waals surface area contributed by atoms with Crippen molar-refractivity contribution < 1.29 is 8.08 Å². The van der Waals surface area contributed by atoms with Crippen LogP contribution in [0.1, 0.15) is 8.53 Å². The largest absolute Gasteiger partial charge is 0.508 e. The normalized spacial score (nSPS) is 10.0. The van der Waals surface area contributed by atoms with Crippen molar-refractivity contribution in [1.29, 1.82) is 0 Å². The zero-order chi connectivity index (χ0) is 9.40. The molecule has 0 aliphatic carbocycles. The van der Waals surface area contributed by atoms with Gasteiger partial charge in [-0.25, -0.2) is 0 Å². The van der Waals surface area contributed by atoms with Crippen molar-refractivity contribution in [2.24, 2.45) is 0 Å². The number of hydrogen-bond donors (Lipinski definition) is 1. The maximum absolute atomic E-state index is 9.19. The molecular weight excluding hydrogens is 124 g/mol. The van der Waals surface area contributed by atoms with E-state index in [9.17, 15) is 5.11 Å². The quantitative estimate of drug-likeness (QED) is 0.622. The summed E-state index contributed by atoms with van der Waals surface area (Å²) in [5.74, 6) is 0.349. The molecule has 0 spiro atoms. The van der Waals surface area contributed by atoms with Gasteiger partial charge >= 0.3 is 0 Å². The van der Waals surface area contributed by atoms with Gasteiger partial charge in [-0.05, 0) is 18.1 Å². The summed E-state index contributed by atoms with van der Waals surface area (Å²) >= 11 is 0. The van der Waals surface area contributed by atoms with E-state index in [1.807, 2.05) is 18.2 Å². The third-order valence-corrected chi connectivity index (χ3v) is 1.36. The lowest BCUT2D eigenvalue weighted by molar-refractivity contribution is 0.470. The molecule has 0 saturated carbocycles. The molecule has 54 valence electrons. The first-order valence-corrected chi connectivity index (χ1v) is 3.22. The number of phenols is 1. The van der Waals surface area contributed by atoms with Crippen LogP contribution in [0.15, 0.2) is 36.9 Å². The van der Waals surface area contributed by atoms with Gasteiger partial charge in [0.2, 0.25) is 0 Å².